The third kappa shape index (κ3) is 1.09. The minimum atomic E-state index is 0.0974. The Labute approximate surface area is 95.5 Å². The molecule has 1 heterocycles. The Balaban J connectivity index is 2.46. The van der Waals surface area contributed by atoms with Crippen LogP contribution in [0.3, 0.4) is 0 Å². The fourth-order valence-electron chi connectivity index (χ4n) is 2.49. The maximum atomic E-state index is 4.68. The second kappa shape index (κ2) is 2.94. The Morgan fingerprint density at radius 1 is 1.06 bits per heavy atom. The molecule has 80 valence electrons. The fraction of sp³-hybridized carbons (Fsp3) is 0.267. The molecule has 2 aliphatic rings. The first kappa shape index (κ1) is 9.59. The van der Waals surface area contributed by atoms with Gasteiger partial charge in [-0.2, -0.15) is 0 Å². The van der Waals surface area contributed by atoms with Gasteiger partial charge in [0.25, 0.3) is 0 Å². The van der Waals surface area contributed by atoms with Gasteiger partial charge in [0.15, 0.2) is 0 Å². The molecule has 1 aromatic rings. The van der Waals surface area contributed by atoms with Gasteiger partial charge in [0.1, 0.15) is 0 Å². The molecule has 3 rings (SSSR count). The molecule has 0 bridgehead atoms. The molecule has 0 saturated carbocycles. The number of para-hydroxylation sites is 1. The lowest BCUT2D eigenvalue weighted by atomic mass is 9.73. The number of hydrogen-bond donors (Lipinski definition) is 0. The van der Waals surface area contributed by atoms with Gasteiger partial charge >= 0.3 is 0 Å². The smallest absolute Gasteiger partial charge is 0.0713 e. The van der Waals surface area contributed by atoms with Crippen LogP contribution >= 0.6 is 0 Å². The second-order valence-corrected chi connectivity index (χ2v) is 5.03. The molecule has 0 aromatic heterocycles. The van der Waals surface area contributed by atoms with Gasteiger partial charge in [0.2, 0.25) is 0 Å². The van der Waals surface area contributed by atoms with E-state index in [9.17, 15) is 0 Å². The molecule has 16 heavy (non-hydrogen) atoms. The van der Waals surface area contributed by atoms with E-state index >= 15 is 0 Å². The van der Waals surface area contributed by atoms with Crippen LogP contribution in [0.1, 0.15) is 20.8 Å². The highest BCUT2D eigenvalue weighted by atomic mass is 14.8. The van der Waals surface area contributed by atoms with Gasteiger partial charge in [0, 0.05) is 10.6 Å². The molecule has 1 aromatic carbocycles. The van der Waals surface area contributed by atoms with Gasteiger partial charge in [-0.05, 0) is 24.6 Å². The normalized spacial score (nSPS) is 20.6. The summed E-state index contributed by atoms with van der Waals surface area (Å²) in [4.78, 5) is 4.68. The molecule has 0 N–H and O–H groups in total. The Bertz CT molecular complexity index is 642. The molecule has 1 heteroatoms. The lowest BCUT2D eigenvalue weighted by Gasteiger charge is -2.31. The third-order valence-corrected chi connectivity index (χ3v) is 3.77. The number of allylic oxidation sites excluding steroid dienone is 4. The van der Waals surface area contributed by atoms with E-state index in [1.54, 1.807) is 0 Å². The summed E-state index contributed by atoms with van der Waals surface area (Å²) in [5.41, 5.74) is 4.01. The molecule has 0 radical (unpaired) electrons. The molecule has 0 spiro atoms. The van der Waals surface area contributed by atoms with Crippen molar-refractivity contribution in [2.45, 2.75) is 20.8 Å². The average Bonchev–Trinajstić information content (AvgIpc) is 2.63. The van der Waals surface area contributed by atoms with E-state index in [4.69, 9.17) is 0 Å². The van der Waals surface area contributed by atoms with E-state index in [0.717, 1.165) is 11.1 Å². The van der Waals surface area contributed by atoms with Gasteiger partial charge in [-0.3, -0.25) is 0 Å². The van der Waals surface area contributed by atoms with E-state index in [1.165, 1.54) is 16.4 Å². The van der Waals surface area contributed by atoms with Crippen molar-refractivity contribution in [3.05, 3.63) is 58.3 Å². The van der Waals surface area contributed by atoms with Crippen molar-refractivity contribution in [2.24, 2.45) is 10.4 Å². The zero-order valence-corrected chi connectivity index (χ0v) is 9.91. The average molecular weight is 209 g/mol. The summed E-state index contributed by atoms with van der Waals surface area (Å²) in [6.07, 6.45) is 4.32. The Hall–Kier alpha value is -1.63. The zero-order chi connectivity index (χ0) is 11.3. The van der Waals surface area contributed by atoms with Crippen molar-refractivity contribution in [3.8, 4) is 0 Å². The van der Waals surface area contributed by atoms with Gasteiger partial charge in [-0.1, -0.05) is 43.7 Å². The Morgan fingerprint density at radius 3 is 2.62 bits per heavy atom. The van der Waals surface area contributed by atoms with Crippen LogP contribution in [0.4, 0.5) is 0 Å². The molecule has 1 aliphatic carbocycles. The monoisotopic (exact) mass is 209 g/mol. The molecule has 0 saturated heterocycles. The number of rotatable bonds is 0. The van der Waals surface area contributed by atoms with Gasteiger partial charge in [0.05, 0.1) is 11.1 Å². The van der Waals surface area contributed by atoms with Crippen molar-refractivity contribution >= 4 is 5.57 Å². The summed E-state index contributed by atoms with van der Waals surface area (Å²) in [5, 5.41) is 2.41. The highest BCUT2D eigenvalue weighted by molar-refractivity contribution is 5.75. The molecular formula is C15H15N. The van der Waals surface area contributed by atoms with Crippen molar-refractivity contribution in [3.63, 3.8) is 0 Å². The van der Waals surface area contributed by atoms with Crippen molar-refractivity contribution < 1.29 is 0 Å². The minimum absolute atomic E-state index is 0.0974. The van der Waals surface area contributed by atoms with E-state index < -0.39 is 0 Å². The van der Waals surface area contributed by atoms with E-state index in [-0.39, 0.29) is 5.41 Å². The summed E-state index contributed by atoms with van der Waals surface area (Å²) < 4.78 is 0. The molecule has 0 unspecified atom stereocenters. The van der Waals surface area contributed by atoms with Crippen LogP contribution < -0.4 is 10.6 Å². The van der Waals surface area contributed by atoms with Gasteiger partial charge < -0.3 is 0 Å². The predicted molar refractivity (Wildman–Crippen MR) is 66.3 cm³/mol. The van der Waals surface area contributed by atoms with Gasteiger partial charge in [-0.25, -0.2) is 4.99 Å². The predicted octanol–water partition coefficient (Wildman–Crippen LogP) is 2.34. The van der Waals surface area contributed by atoms with Crippen LogP contribution in [0.5, 0.6) is 0 Å². The number of hydrogen-bond acceptors (Lipinski definition) is 1. The largest absolute Gasteiger partial charge is 0.248 e. The summed E-state index contributed by atoms with van der Waals surface area (Å²) in [6.45, 7) is 6.75. The Morgan fingerprint density at radius 2 is 1.81 bits per heavy atom. The van der Waals surface area contributed by atoms with Crippen LogP contribution in [0.15, 0.2) is 52.7 Å². The molecule has 1 aliphatic heterocycles. The number of nitrogens with zero attached hydrogens (tertiary/aromatic N) is 1. The highest BCUT2D eigenvalue weighted by Crippen LogP contribution is 2.42. The summed E-state index contributed by atoms with van der Waals surface area (Å²) in [6, 6.07) is 8.41. The van der Waals surface area contributed by atoms with E-state index in [1.807, 2.05) is 6.07 Å². The number of benzene rings is 1. The second-order valence-electron chi connectivity index (χ2n) is 5.03. The lowest BCUT2D eigenvalue weighted by Crippen LogP contribution is -2.28. The van der Waals surface area contributed by atoms with Crippen molar-refractivity contribution in [2.75, 3.05) is 0 Å². The van der Waals surface area contributed by atoms with Gasteiger partial charge in [-0.15, -0.1) is 0 Å². The SMILES string of the molecule is CC1=CC=C2N=c3ccccc3=C2C1(C)C. The van der Waals surface area contributed by atoms with Crippen LogP contribution in [-0.4, -0.2) is 0 Å². The summed E-state index contributed by atoms with van der Waals surface area (Å²) in [7, 11) is 0. The van der Waals surface area contributed by atoms with Crippen LogP contribution in [0.25, 0.3) is 5.57 Å². The fourth-order valence-corrected chi connectivity index (χ4v) is 2.49. The summed E-state index contributed by atoms with van der Waals surface area (Å²) in [5.74, 6) is 0. The maximum absolute atomic E-state index is 4.68. The maximum Gasteiger partial charge on any atom is 0.0713 e. The topological polar surface area (TPSA) is 12.4 Å². The standard InChI is InChI=1S/C15H15N/c1-10-8-9-13-14(15(10,2)3)11-6-4-5-7-12(11)16-13/h4-9H,1-3H3. The van der Waals surface area contributed by atoms with Crippen LogP contribution in [0.2, 0.25) is 0 Å². The first-order chi connectivity index (χ1) is 7.60. The first-order valence-corrected chi connectivity index (χ1v) is 5.69. The molecule has 1 nitrogen and oxygen atoms in total. The zero-order valence-electron chi connectivity index (χ0n) is 9.91. The molecule has 0 fully saturated rings. The van der Waals surface area contributed by atoms with Crippen molar-refractivity contribution in [1.82, 2.24) is 0 Å². The minimum Gasteiger partial charge on any atom is -0.248 e. The van der Waals surface area contributed by atoms with Crippen LogP contribution in [-0.2, 0) is 0 Å². The molecular weight excluding hydrogens is 194 g/mol. The first-order valence-electron chi connectivity index (χ1n) is 5.69. The van der Waals surface area contributed by atoms with Crippen LogP contribution in [0, 0.1) is 5.41 Å². The highest BCUT2D eigenvalue weighted by Gasteiger charge is 2.32. The summed E-state index contributed by atoms with van der Waals surface area (Å²) >= 11 is 0. The Kier molecular flexibility index (Phi) is 1.76. The lowest BCUT2D eigenvalue weighted by molar-refractivity contribution is 0.594. The number of fused-ring (bicyclic) bond motifs is 2. The molecule has 0 atom stereocenters. The molecule has 0 amide bonds. The third-order valence-electron chi connectivity index (χ3n) is 3.77. The quantitative estimate of drug-likeness (QED) is 0.622. The van der Waals surface area contributed by atoms with E-state index in [2.05, 4.69) is 56.1 Å². The van der Waals surface area contributed by atoms with Crippen molar-refractivity contribution in [1.29, 1.82) is 0 Å². The van der Waals surface area contributed by atoms with E-state index in [0.29, 0.717) is 0 Å².